The number of sulfonamides is 2. The second-order valence-corrected chi connectivity index (χ2v) is 9.98. The first-order chi connectivity index (χ1) is 12.1. The smallest absolute Gasteiger partial charge is 0.307 e. The molecule has 1 saturated heterocycles. The van der Waals surface area contributed by atoms with E-state index in [-0.39, 0.29) is 22.9 Å². The third-order valence-corrected chi connectivity index (χ3v) is 8.48. The molecule has 0 aromatic heterocycles. The molecule has 1 atom stereocenters. The van der Waals surface area contributed by atoms with Crippen molar-refractivity contribution in [2.75, 3.05) is 26.2 Å². The summed E-state index contributed by atoms with van der Waals surface area (Å²) in [5.41, 5.74) is 0. The zero-order valence-corrected chi connectivity index (χ0v) is 16.5. The molecule has 1 aromatic rings. The van der Waals surface area contributed by atoms with Gasteiger partial charge in [0, 0.05) is 26.2 Å². The molecule has 0 radical (unpaired) electrons. The van der Waals surface area contributed by atoms with Gasteiger partial charge in [-0.3, -0.25) is 4.79 Å². The van der Waals surface area contributed by atoms with Crippen LogP contribution in [0.3, 0.4) is 0 Å². The molecule has 1 aromatic carbocycles. The van der Waals surface area contributed by atoms with Crippen LogP contribution in [-0.2, 0) is 24.8 Å². The number of benzene rings is 1. The van der Waals surface area contributed by atoms with Crippen LogP contribution in [0.2, 0.25) is 0 Å². The van der Waals surface area contributed by atoms with E-state index in [0.717, 1.165) is 4.31 Å². The average Bonchev–Trinajstić information content (AvgIpc) is 2.62. The van der Waals surface area contributed by atoms with Crippen LogP contribution in [0.15, 0.2) is 34.1 Å². The third-order valence-electron chi connectivity index (χ3n) is 4.54. The van der Waals surface area contributed by atoms with Crippen molar-refractivity contribution in [3.05, 3.63) is 24.3 Å². The molecule has 0 bridgehead atoms. The summed E-state index contributed by atoms with van der Waals surface area (Å²) in [6, 6.07) is 5.07. The van der Waals surface area contributed by atoms with E-state index < -0.39 is 31.9 Å². The van der Waals surface area contributed by atoms with Crippen LogP contribution in [0.4, 0.5) is 0 Å². The van der Waals surface area contributed by atoms with Crippen LogP contribution < -0.4 is 0 Å². The summed E-state index contributed by atoms with van der Waals surface area (Å²) in [5, 5.41) is 9.12. The minimum atomic E-state index is -3.86. The first-order valence-electron chi connectivity index (χ1n) is 8.47. The van der Waals surface area contributed by atoms with Crippen molar-refractivity contribution in [1.82, 2.24) is 8.61 Å². The number of carboxylic acids is 1. The number of aliphatic carboxylic acids is 1. The fourth-order valence-corrected chi connectivity index (χ4v) is 5.99. The van der Waals surface area contributed by atoms with Gasteiger partial charge in [-0.2, -0.15) is 8.61 Å². The minimum absolute atomic E-state index is 0.0298. The van der Waals surface area contributed by atoms with Crippen LogP contribution in [0.5, 0.6) is 0 Å². The average molecular weight is 405 g/mol. The number of carboxylic acid groups (broad SMARTS) is 1. The van der Waals surface area contributed by atoms with Gasteiger partial charge in [-0.1, -0.05) is 13.8 Å². The van der Waals surface area contributed by atoms with Gasteiger partial charge in [0.2, 0.25) is 20.0 Å². The Balaban J connectivity index is 2.28. The van der Waals surface area contributed by atoms with E-state index in [0.29, 0.717) is 25.9 Å². The normalized spacial score (nSPS) is 19.6. The summed E-state index contributed by atoms with van der Waals surface area (Å²) in [6.07, 6.45) is 0.924. The second-order valence-electron chi connectivity index (χ2n) is 6.10. The molecular weight excluding hydrogens is 380 g/mol. The fraction of sp³-hybridized carbons (Fsp3) is 0.562. The molecule has 26 heavy (non-hydrogen) atoms. The first kappa shape index (κ1) is 20.8. The molecule has 1 aliphatic rings. The maximum absolute atomic E-state index is 12.7. The van der Waals surface area contributed by atoms with Crippen molar-refractivity contribution < 1.29 is 26.7 Å². The summed E-state index contributed by atoms with van der Waals surface area (Å²) < 4.78 is 52.9. The molecule has 8 nitrogen and oxygen atoms in total. The molecule has 0 unspecified atom stereocenters. The van der Waals surface area contributed by atoms with Crippen molar-refractivity contribution in [3.63, 3.8) is 0 Å². The highest BCUT2D eigenvalue weighted by molar-refractivity contribution is 7.89. The first-order valence-corrected chi connectivity index (χ1v) is 11.4. The molecule has 1 fully saturated rings. The maximum atomic E-state index is 12.7. The van der Waals surface area contributed by atoms with Crippen molar-refractivity contribution in [2.24, 2.45) is 5.92 Å². The van der Waals surface area contributed by atoms with Gasteiger partial charge in [0.25, 0.3) is 0 Å². The standard InChI is InChI=1S/C16H24N2O6S2/c1-3-17(4-2)25(21,22)14-7-9-15(10-8-14)26(23,24)18-11-5-6-13(12-18)16(19)20/h7-10,13H,3-6,11-12H2,1-2H3,(H,19,20)/t13-/m0/s1. The Hall–Kier alpha value is -1.49. The van der Waals surface area contributed by atoms with Gasteiger partial charge in [0.1, 0.15) is 0 Å². The highest BCUT2D eigenvalue weighted by atomic mass is 32.2. The van der Waals surface area contributed by atoms with E-state index in [2.05, 4.69) is 0 Å². The quantitative estimate of drug-likeness (QED) is 0.731. The van der Waals surface area contributed by atoms with Gasteiger partial charge >= 0.3 is 5.97 Å². The Kier molecular flexibility index (Phi) is 6.43. The zero-order chi connectivity index (χ0) is 19.5. The lowest BCUT2D eigenvalue weighted by Gasteiger charge is -2.29. The summed E-state index contributed by atoms with van der Waals surface area (Å²) in [6.45, 7) is 4.29. The van der Waals surface area contributed by atoms with Gasteiger partial charge in [-0.05, 0) is 37.1 Å². The number of piperidine rings is 1. The van der Waals surface area contributed by atoms with Crippen molar-refractivity contribution >= 4 is 26.0 Å². The molecular formula is C16H24N2O6S2. The van der Waals surface area contributed by atoms with Crippen LogP contribution in [0.25, 0.3) is 0 Å². The van der Waals surface area contributed by atoms with Crippen molar-refractivity contribution in [3.8, 4) is 0 Å². The summed E-state index contributed by atoms with van der Waals surface area (Å²) in [4.78, 5) is 11.1. The predicted molar refractivity (Wildman–Crippen MR) is 95.7 cm³/mol. The zero-order valence-electron chi connectivity index (χ0n) is 14.8. The SMILES string of the molecule is CCN(CC)S(=O)(=O)c1ccc(S(=O)(=O)N2CCC[C@H](C(=O)O)C2)cc1. The lowest BCUT2D eigenvalue weighted by atomic mass is 10.0. The number of carbonyl (C=O) groups is 1. The Morgan fingerprint density at radius 2 is 1.65 bits per heavy atom. The maximum Gasteiger partial charge on any atom is 0.307 e. The predicted octanol–water partition coefficient (Wildman–Crippen LogP) is 1.20. The van der Waals surface area contributed by atoms with E-state index >= 15 is 0 Å². The third kappa shape index (κ3) is 4.08. The van der Waals surface area contributed by atoms with Crippen molar-refractivity contribution in [1.29, 1.82) is 0 Å². The van der Waals surface area contributed by atoms with E-state index in [1.165, 1.54) is 28.6 Å². The van der Waals surface area contributed by atoms with E-state index in [4.69, 9.17) is 5.11 Å². The molecule has 146 valence electrons. The number of hydrogen-bond acceptors (Lipinski definition) is 5. The number of nitrogens with zero attached hydrogens (tertiary/aromatic N) is 2. The van der Waals surface area contributed by atoms with Crippen molar-refractivity contribution in [2.45, 2.75) is 36.5 Å². The Morgan fingerprint density at radius 1 is 1.12 bits per heavy atom. The van der Waals surface area contributed by atoms with Crippen LogP contribution in [-0.4, -0.2) is 62.7 Å². The lowest BCUT2D eigenvalue weighted by Crippen LogP contribution is -2.42. The van der Waals surface area contributed by atoms with E-state index in [1.54, 1.807) is 13.8 Å². The number of hydrogen-bond donors (Lipinski definition) is 1. The molecule has 0 saturated carbocycles. The summed E-state index contributed by atoms with van der Waals surface area (Å²) in [7, 11) is -7.52. The fourth-order valence-electron chi connectivity index (χ4n) is 3.01. The number of rotatable bonds is 7. The van der Waals surface area contributed by atoms with Gasteiger partial charge in [0.15, 0.2) is 0 Å². The van der Waals surface area contributed by atoms with Crippen LogP contribution >= 0.6 is 0 Å². The molecule has 10 heteroatoms. The Morgan fingerprint density at radius 3 is 2.15 bits per heavy atom. The highest BCUT2D eigenvalue weighted by Crippen LogP contribution is 2.25. The summed E-state index contributed by atoms with van der Waals surface area (Å²) in [5.74, 6) is -1.73. The van der Waals surface area contributed by atoms with Gasteiger partial charge in [-0.15, -0.1) is 0 Å². The van der Waals surface area contributed by atoms with Crippen LogP contribution in [0.1, 0.15) is 26.7 Å². The molecule has 1 heterocycles. The Bertz CT molecular complexity index is 845. The highest BCUT2D eigenvalue weighted by Gasteiger charge is 2.33. The molecule has 1 N–H and O–H groups in total. The van der Waals surface area contributed by atoms with Gasteiger partial charge in [-0.25, -0.2) is 16.8 Å². The minimum Gasteiger partial charge on any atom is -0.481 e. The molecule has 1 aliphatic heterocycles. The van der Waals surface area contributed by atoms with Gasteiger partial charge < -0.3 is 5.11 Å². The largest absolute Gasteiger partial charge is 0.481 e. The monoisotopic (exact) mass is 404 g/mol. The Labute approximate surface area is 154 Å². The topological polar surface area (TPSA) is 112 Å². The molecule has 0 amide bonds. The lowest BCUT2D eigenvalue weighted by molar-refractivity contribution is -0.142. The summed E-state index contributed by atoms with van der Waals surface area (Å²) >= 11 is 0. The molecule has 0 aliphatic carbocycles. The molecule has 0 spiro atoms. The van der Waals surface area contributed by atoms with E-state index in [1.807, 2.05) is 0 Å². The second kappa shape index (κ2) is 8.03. The molecule has 2 rings (SSSR count). The van der Waals surface area contributed by atoms with Crippen LogP contribution in [0, 0.1) is 5.92 Å². The van der Waals surface area contributed by atoms with E-state index in [9.17, 15) is 21.6 Å². The van der Waals surface area contributed by atoms with Gasteiger partial charge in [0.05, 0.1) is 15.7 Å².